The first-order valence-electron chi connectivity index (χ1n) is 6.28. The minimum Gasteiger partial charge on any atom is -0.288 e. The van der Waals surface area contributed by atoms with Gasteiger partial charge in [-0.2, -0.15) is 13.2 Å². The molecule has 1 atom stereocenters. The third-order valence-electron chi connectivity index (χ3n) is 2.89. The lowest BCUT2D eigenvalue weighted by Crippen LogP contribution is -2.42. The van der Waals surface area contributed by atoms with E-state index < -0.39 is 11.7 Å². The van der Waals surface area contributed by atoms with Crippen LogP contribution in [0.1, 0.15) is 18.9 Å². The predicted molar refractivity (Wildman–Crippen MR) is 73.5 cm³/mol. The van der Waals surface area contributed by atoms with E-state index in [1.165, 1.54) is 28.8 Å². The van der Waals surface area contributed by atoms with Gasteiger partial charge in [-0.1, -0.05) is 13.0 Å². The van der Waals surface area contributed by atoms with Crippen molar-refractivity contribution in [3.05, 3.63) is 29.8 Å². The Balaban J connectivity index is 2.26. The van der Waals surface area contributed by atoms with Crippen LogP contribution in [0.15, 0.2) is 24.3 Å². The number of thioether (sulfide) groups is 1. The molecule has 0 aromatic heterocycles. The molecule has 1 N–H and O–H groups in total. The molecule has 1 fully saturated rings. The van der Waals surface area contributed by atoms with Crippen molar-refractivity contribution in [2.24, 2.45) is 0 Å². The SMILES string of the molecule is CCCNC1SCC(=O)N1c1cccc(C(F)(F)F)c1. The lowest BCUT2D eigenvalue weighted by atomic mass is 10.2. The highest BCUT2D eigenvalue weighted by molar-refractivity contribution is 8.01. The second-order valence-electron chi connectivity index (χ2n) is 4.43. The summed E-state index contributed by atoms with van der Waals surface area (Å²) in [4.78, 5) is 13.3. The topological polar surface area (TPSA) is 32.3 Å². The van der Waals surface area contributed by atoms with Crippen LogP contribution in [0.4, 0.5) is 18.9 Å². The van der Waals surface area contributed by atoms with Crippen molar-refractivity contribution in [3.8, 4) is 0 Å². The molecule has 1 aliphatic heterocycles. The van der Waals surface area contributed by atoms with E-state index in [1.807, 2.05) is 6.92 Å². The maximum atomic E-state index is 12.7. The van der Waals surface area contributed by atoms with Gasteiger partial charge in [0, 0.05) is 5.69 Å². The van der Waals surface area contributed by atoms with Crippen LogP contribution in [0.2, 0.25) is 0 Å². The fourth-order valence-electron chi connectivity index (χ4n) is 1.95. The van der Waals surface area contributed by atoms with Gasteiger partial charge in [0.2, 0.25) is 5.91 Å². The van der Waals surface area contributed by atoms with Crippen LogP contribution >= 0.6 is 11.8 Å². The van der Waals surface area contributed by atoms with Crippen molar-refractivity contribution in [1.82, 2.24) is 5.32 Å². The highest BCUT2D eigenvalue weighted by Crippen LogP contribution is 2.34. The van der Waals surface area contributed by atoms with Crippen LogP contribution in [-0.2, 0) is 11.0 Å². The molecule has 1 unspecified atom stereocenters. The Hall–Kier alpha value is -1.21. The zero-order valence-electron chi connectivity index (χ0n) is 10.9. The summed E-state index contributed by atoms with van der Waals surface area (Å²) in [6.45, 7) is 2.70. The average Bonchev–Trinajstić information content (AvgIpc) is 2.76. The maximum Gasteiger partial charge on any atom is 0.416 e. The summed E-state index contributed by atoms with van der Waals surface area (Å²) in [5.74, 6) is 0.0976. The van der Waals surface area contributed by atoms with Gasteiger partial charge < -0.3 is 0 Å². The molecule has 1 aromatic rings. The van der Waals surface area contributed by atoms with Gasteiger partial charge in [-0.05, 0) is 31.2 Å². The molecule has 0 saturated carbocycles. The number of carbonyl (C=O) groups excluding carboxylic acids is 1. The molecule has 1 saturated heterocycles. The lowest BCUT2D eigenvalue weighted by Gasteiger charge is -2.25. The molecule has 2 rings (SSSR count). The van der Waals surface area contributed by atoms with Gasteiger partial charge in [-0.3, -0.25) is 15.0 Å². The molecule has 1 aliphatic rings. The van der Waals surface area contributed by atoms with Crippen molar-refractivity contribution < 1.29 is 18.0 Å². The van der Waals surface area contributed by atoms with E-state index in [-0.39, 0.29) is 22.8 Å². The molecule has 1 amide bonds. The largest absolute Gasteiger partial charge is 0.416 e. The number of rotatable bonds is 4. The van der Waals surface area contributed by atoms with Gasteiger partial charge in [0.15, 0.2) is 0 Å². The number of halogens is 3. The molecule has 1 heterocycles. The summed E-state index contributed by atoms with van der Waals surface area (Å²) in [6, 6.07) is 4.88. The quantitative estimate of drug-likeness (QED) is 0.928. The van der Waals surface area contributed by atoms with Crippen LogP contribution in [0.3, 0.4) is 0 Å². The number of benzene rings is 1. The Labute approximate surface area is 119 Å². The lowest BCUT2D eigenvalue weighted by molar-refractivity contribution is -0.137. The Morgan fingerprint density at radius 3 is 2.85 bits per heavy atom. The minimum absolute atomic E-state index is 0.178. The monoisotopic (exact) mass is 304 g/mol. The minimum atomic E-state index is -4.40. The zero-order chi connectivity index (χ0) is 14.8. The Morgan fingerprint density at radius 1 is 1.45 bits per heavy atom. The predicted octanol–water partition coefficient (Wildman–Crippen LogP) is 3.07. The van der Waals surface area contributed by atoms with Crippen LogP contribution in [0.25, 0.3) is 0 Å². The van der Waals surface area contributed by atoms with Crippen LogP contribution in [0, 0.1) is 0 Å². The van der Waals surface area contributed by atoms with Crippen LogP contribution < -0.4 is 10.2 Å². The van der Waals surface area contributed by atoms with Crippen LogP contribution in [-0.4, -0.2) is 23.7 Å². The van der Waals surface area contributed by atoms with Gasteiger partial charge in [-0.15, -0.1) is 11.8 Å². The number of alkyl halides is 3. The molecular weight excluding hydrogens is 289 g/mol. The van der Waals surface area contributed by atoms with Crippen molar-refractivity contribution >= 4 is 23.4 Å². The van der Waals surface area contributed by atoms with E-state index in [2.05, 4.69) is 5.32 Å². The molecule has 3 nitrogen and oxygen atoms in total. The van der Waals surface area contributed by atoms with Gasteiger partial charge in [0.05, 0.1) is 11.3 Å². The normalized spacial score (nSPS) is 19.7. The van der Waals surface area contributed by atoms with E-state index in [0.717, 1.165) is 18.6 Å². The highest BCUT2D eigenvalue weighted by Gasteiger charge is 2.35. The van der Waals surface area contributed by atoms with Gasteiger partial charge >= 0.3 is 6.18 Å². The first-order valence-corrected chi connectivity index (χ1v) is 7.32. The molecule has 0 bridgehead atoms. The second-order valence-corrected chi connectivity index (χ2v) is 5.50. The summed E-state index contributed by atoms with van der Waals surface area (Å²) in [7, 11) is 0. The van der Waals surface area contributed by atoms with Gasteiger partial charge in [0.25, 0.3) is 0 Å². The Bertz CT molecular complexity index is 493. The molecule has 0 radical (unpaired) electrons. The van der Waals surface area contributed by atoms with Crippen LogP contribution in [0.5, 0.6) is 0 Å². The van der Waals surface area contributed by atoms with E-state index in [9.17, 15) is 18.0 Å². The third kappa shape index (κ3) is 3.27. The number of carbonyl (C=O) groups is 1. The van der Waals surface area contributed by atoms with E-state index >= 15 is 0 Å². The Kier molecular flexibility index (Phi) is 4.59. The molecule has 110 valence electrons. The van der Waals surface area contributed by atoms with Crippen molar-refractivity contribution in [2.45, 2.75) is 25.0 Å². The van der Waals surface area contributed by atoms with Crippen molar-refractivity contribution in [3.63, 3.8) is 0 Å². The molecule has 7 heteroatoms. The number of anilines is 1. The third-order valence-corrected chi connectivity index (χ3v) is 4.00. The smallest absolute Gasteiger partial charge is 0.288 e. The average molecular weight is 304 g/mol. The standard InChI is InChI=1S/C13H15F3N2OS/c1-2-6-17-12-18(11(19)8-20-12)10-5-3-4-9(7-10)13(14,15)16/h3-5,7,12,17H,2,6,8H2,1H3. The van der Waals surface area contributed by atoms with Crippen molar-refractivity contribution in [1.29, 1.82) is 0 Å². The molecule has 20 heavy (non-hydrogen) atoms. The molecule has 0 spiro atoms. The summed E-state index contributed by atoms with van der Waals surface area (Å²) in [5.41, 5.74) is -0.761. The van der Waals surface area contributed by atoms with E-state index in [4.69, 9.17) is 0 Å². The fourth-order valence-corrected chi connectivity index (χ4v) is 3.02. The second kappa shape index (κ2) is 6.05. The number of nitrogens with one attached hydrogen (secondary N) is 1. The number of amides is 1. The zero-order valence-corrected chi connectivity index (χ0v) is 11.7. The van der Waals surface area contributed by atoms with Gasteiger partial charge in [-0.25, -0.2) is 0 Å². The number of hydrogen-bond acceptors (Lipinski definition) is 3. The maximum absolute atomic E-state index is 12.7. The van der Waals surface area contributed by atoms with Crippen molar-refractivity contribution in [2.75, 3.05) is 17.2 Å². The fraction of sp³-hybridized carbons (Fsp3) is 0.462. The molecule has 0 aliphatic carbocycles. The van der Waals surface area contributed by atoms with E-state index in [1.54, 1.807) is 0 Å². The van der Waals surface area contributed by atoms with E-state index in [0.29, 0.717) is 6.54 Å². The molecular formula is C13H15F3N2OS. The summed E-state index contributed by atoms with van der Waals surface area (Å²) < 4.78 is 38.2. The van der Waals surface area contributed by atoms with Gasteiger partial charge in [0.1, 0.15) is 5.50 Å². The summed E-state index contributed by atoms with van der Waals surface area (Å²) in [6.07, 6.45) is -3.51. The highest BCUT2D eigenvalue weighted by atomic mass is 32.2. The number of hydrogen-bond donors (Lipinski definition) is 1. The first kappa shape index (κ1) is 15.2. The Morgan fingerprint density at radius 2 is 2.20 bits per heavy atom. The summed E-state index contributed by atoms with van der Waals surface area (Å²) in [5, 5.41) is 3.16. The first-order chi connectivity index (χ1) is 9.43. The summed E-state index contributed by atoms with van der Waals surface area (Å²) >= 11 is 1.39. The number of nitrogens with zero attached hydrogens (tertiary/aromatic N) is 1. The molecule has 1 aromatic carbocycles.